The van der Waals surface area contributed by atoms with Crippen molar-refractivity contribution >= 4 is 17.8 Å². The van der Waals surface area contributed by atoms with Gasteiger partial charge in [-0.1, -0.05) is 30.3 Å². The van der Waals surface area contributed by atoms with Crippen LogP contribution in [0.3, 0.4) is 0 Å². The van der Waals surface area contributed by atoms with E-state index < -0.39 is 17.7 Å². The predicted octanol–water partition coefficient (Wildman–Crippen LogP) is 3.43. The van der Waals surface area contributed by atoms with Crippen molar-refractivity contribution in [3.8, 4) is 0 Å². The molecule has 0 unspecified atom stereocenters. The molecule has 0 aliphatic carbocycles. The van der Waals surface area contributed by atoms with Crippen molar-refractivity contribution in [1.29, 1.82) is 0 Å². The monoisotopic (exact) mass is 373 g/mol. The Morgan fingerprint density at radius 1 is 1.26 bits per heavy atom. The molecule has 6 nitrogen and oxygen atoms in total. The summed E-state index contributed by atoms with van der Waals surface area (Å²) in [6.45, 7) is 5.74. The molecule has 1 saturated heterocycles. The first kappa shape index (κ1) is 20.8. The van der Waals surface area contributed by atoms with Gasteiger partial charge in [0.05, 0.1) is 12.6 Å². The summed E-state index contributed by atoms with van der Waals surface area (Å²) in [4.78, 5) is 37.7. The predicted molar refractivity (Wildman–Crippen MR) is 101 cm³/mol. The molecule has 1 aliphatic rings. The average Bonchev–Trinajstić information content (AvgIpc) is 2.93. The Labute approximate surface area is 160 Å². The maximum absolute atomic E-state index is 12.3. The number of ether oxygens (including phenoxy) is 2. The van der Waals surface area contributed by atoms with E-state index in [1.807, 2.05) is 24.3 Å². The van der Waals surface area contributed by atoms with Crippen molar-refractivity contribution < 1.29 is 23.9 Å². The second-order valence-electron chi connectivity index (χ2n) is 7.61. The Kier molecular flexibility index (Phi) is 6.91. The van der Waals surface area contributed by atoms with E-state index in [1.54, 1.807) is 34.0 Å². The van der Waals surface area contributed by atoms with Crippen molar-refractivity contribution in [2.24, 2.45) is 0 Å². The maximum Gasteiger partial charge on any atom is 0.417 e. The number of nitrogens with zero attached hydrogens (tertiary/aromatic N) is 1. The van der Waals surface area contributed by atoms with Crippen LogP contribution in [0.1, 0.15) is 44.7 Å². The fourth-order valence-corrected chi connectivity index (χ4v) is 2.91. The number of carbonyl (C=O) groups is 3. The molecule has 0 aromatic heterocycles. The first-order valence-electron chi connectivity index (χ1n) is 9.02. The van der Waals surface area contributed by atoms with Gasteiger partial charge < -0.3 is 9.47 Å². The molecule has 146 valence electrons. The Morgan fingerprint density at radius 3 is 2.63 bits per heavy atom. The number of ketones is 1. The SMILES string of the molecule is COCc1cccc(CC(=O)/C=C/[C@H]2CCC(=O)N2C(=O)OC(C)(C)C)c1. The van der Waals surface area contributed by atoms with Crippen LogP contribution in [0.15, 0.2) is 36.4 Å². The Morgan fingerprint density at radius 2 is 1.96 bits per heavy atom. The van der Waals surface area contributed by atoms with Crippen molar-refractivity contribution in [1.82, 2.24) is 4.90 Å². The molecule has 1 aromatic carbocycles. The zero-order valence-corrected chi connectivity index (χ0v) is 16.4. The first-order valence-corrected chi connectivity index (χ1v) is 9.02. The smallest absolute Gasteiger partial charge is 0.417 e. The van der Waals surface area contributed by atoms with Crippen LogP contribution in [-0.2, 0) is 32.1 Å². The summed E-state index contributed by atoms with van der Waals surface area (Å²) in [6, 6.07) is 7.20. The molecule has 0 radical (unpaired) electrons. The molecule has 0 saturated carbocycles. The minimum Gasteiger partial charge on any atom is -0.443 e. The zero-order chi connectivity index (χ0) is 20.0. The van der Waals surface area contributed by atoms with Gasteiger partial charge >= 0.3 is 6.09 Å². The zero-order valence-electron chi connectivity index (χ0n) is 16.4. The van der Waals surface area contributed by atoms with Crippen molar-refractivity contribution in [3.63, 3.8) is 0 Å². The van der Waals surface area contributed by atoms with Crippen LogP contribution in [-0.4, -0.2) is 41.4 Å². The van der Waals surface area contributed by atoms with Crippen LogP contribution in [0.25, 0.3) is 0 Å². The number of likely N-dealkylation sites (tertiary alicyclic amines) is 1. The topological polar surface area (TPSA) is 72.9 Å². The second-order valence-corrected chi connectivity index (χ2v) is 7.61. The van der Waals surface area contributed by atoms with Gasteiger partial charge in [0.2, 0.25) is 5.91 Å². The Balaban J connectivity index is 2.00. The lowest BCUT2D eigenvalue weighted by atomic mass is 10.1. The molecule has 1 aliphatic heterocycles. The normalized spacial score (nSPS) is 17.6. The summed E-state index contributed by atoms with van der Waals surface area (Å²) in [5.41, 5.74) is 1.21. The molecule has 0 N–H and O–H groups in total. The van der Waals surface area contributed by atoms with E-state index in [1.165, 1.54) is 6.08 Å². The van der Waals surface area contributed by atoms with E-state index in [2.05, 4.69) is 0 Å². The molecule has 0 spiro atoms. The third-order valence-electron chi connectivity index (χ3n) is 4.03. The minimum absolute atomic E-state index is 0.0898. The van der Waals surface area contributed by atoms with Crippen molar-refractivity contribution in [2.45, 2.75) is 58.3 Å². The molecule has 2 amide bonds. The van der Waals surface area contributed by atoms with Crippen LogP contribution >= 0.6 is 0 Å². The van der Waals surface area contributed by atoms with E-state index in [-0.39, 0.29) is 24.5 Å². The molecule has 1 aromatic rings. The van der Waals surface area contributed by atoms with Crippen molar-refractivity contribution in [2.75, 3.05) is 7.11 Å². The van der Waals surface area contributed by atoms with Crippen LogP contribution < -0.4 is 0 Å². The van der Waals surface area contributed by atoms with Gasteiger partial charge in [-0.3, -0.25) is 9.59 Å². The van der Waals surface area contributed by atoms with Crippen molar-refractivity contribution in [3.05, 3.63) is 47.5 Å². The molecule has 6 heteroatoms. The van der Waals surface area contributed by atoms with E-state index in [0.29, 0.717) is 13.0 Å². The number of hydrogen-bond donors (Lipinski definition) is 0. The highest BCUT2D eigenvalue weighted by Crippen LogP contribution is 2.23. The summed E-state index contributed by atoms with van der Waals surface area (Å²) < 4.78 is 10.4. The summed E-state index contributed by atoms with van der Waals surface area (Å²) in [5.74, 6) is -0.369. The standard InChI is InChI=1S/C21H27NO5/c1-21(2,3)27-20(25)22-17(9-11-19(22)24)8-10-18(23)13-15-6-5-7-16(12-15)14-26-4/h5-8,10,12,17H,9,11,13-14H2,1-4H3/b10-8+/t17-/m0/s1. The highest BCUT2D eigenvalue weighted by atomic mass is 16.6. The van der Waals surface area contributed by atoms with Crippen LogP contribution in [0.2, 0.25) is 0 Å². The summed E-state index contributed by atoms with van der Waals surface area (Å²) >= 11 is 0. The third kappa shape index (κ3) is 6.32. The van der Waals surface area contributed by atoms with Gasteiger partial charge in [0.15, 0.2) is 5.78 Å². The largest absolute Gasteiger partial charge is 0.443 e. The number of allylic oxidation sites excluding steroid dienone is 1. The van der Waals surface area contributed by atoms with Gasteiger partial charge in [0.1, 0.15) is 5.60 Å². The van der Waals surface area contributed by atoms with Gasteiger partial charge in [-0.2, -0.15) is 0 Å². The third-order valence-corrected chi connectivity index (χ3v) is 4.03. The molecule has 1 fully saturated rings. The molecule has 0 bridgehead atoms. The van der Waals surface area contributed by atoms with Gasteiger partial charge in [-0.15, -0.1) is 0 Å². The van der Waals surface area contributed by atoms with E-state index in [9.17, 15) is 14.4 Å². The molecule has 27 heavy (non-hydrogen) atoms. The number of methoxy groups -OCH3 is 1. The molecular formula is C21H27NO5. The van der Waals surface area contributed by atoms with Crippen LogP contribution in [0.4, 0.5) is 4.79 Å². The highest BCUT2D eigenvalue weighted by Gasteiger charge is 2.37. The average molecular weight is 373 g/mol. The van der Waals surface area contributed by atoms with Gasteiger partial charge in [0, 0.05) is 20.0 Å². The Hall–Kier alpha value is -2.47. The molecule has 1 atom stereocenters. The molecule has 1 heterocycles. The molecular weight excluding hydrogens is 346 g/mol. The lowest BCUT2D eigenvalue weighted by Gasteiger charge is -2.26. The Bertz CT molecular complexity index is 732. The van der Waals surface area contributed by atoms with Crippen LogP contribution in [0, 0.1) is 0 Å². The summed E-state index contributed by atoms with van der Waals surface area (Å²) in [7, 11) is 1.62. The van der Waals surface area contributed by atoms with Gasteiger partial charge in [-0.25, -0.2) is 9.69 Å². The quantitative estimate of drug-likeness (QED) is 0.715. The fourth-order valence-electron chi connectivity index (χ4n) is 2.91. The van der Waals surface area contributed by atoms with Crippen LogP contribution in [0.5, 0.6) is 0 Å². The number of rotatable bonds is 6. The fraction of sp³-hybridized carbons (Fsp3) is 0.476. The number of carbonyl (C=O) groups excluding carboxylic acids is 3. The highest BCUT2D eigenvalue weighted by molar-refractivity contribution is 5.95. The van der Waals surface area contributed by atoms with E-state index >= 15 is 0 Å². The van der Waals surface area contributed by atoms with Gasteiger partial charge in [-0.05, 0) is 44.4 Å². The number of imide groups is 1. The van der Waals surface area contributed by atoms with E-state index in [4.69, 9.17) is 9.47 Å². The lowest BCUT2D eigenvalue weighted by molar-refractivity contribution is -0.127. The second kappa shape index (κ2) is 8.95. The number of hydrogen-bond acceptors (Lipinski definition) is 5. The maximum atomic E-state index is 12.3. The van der Waals surface area contributed by atoms with E-state index in [0.717, 1.165) is 16.0 Å². The lowest BCUT2D eigenvalue weighted by Crippen LogP contribution is -2.41. The first-order chi connectivity index (χ1) is 12.7. The molecule has 2 rings (SSSR count). The summed E-state index contributed by atoms with van der Waals surface area (Å²) in [6.07, 6.45) is 3.41. The number of benzene rings is 1. The minimum atomic E-state index is -0.683. The summed E-state index contributed by atoms with van der Waals surface area (Å²) in [5, 5.41) is 0. The number of amides is 2. The van der Waals surface area contributed by atoms with Gasteiger partial charge in [0.25, 0.3) is 0 Å².